The van der Waals surface area contributed by atoms with Gasteiger partial charge in [0.05, 0.1) is 5.70 Å². The molecule has 1 aliphatic rings. The van der Waals surface area contributed by atoms with Crippen molar-refractivity contribution in [3.63, 3.8) is 0 Å². The molecule has 1 amide bonds. The zero-order valence-corrected chi connectivity index (χ0v) is 10.7. The van der Waals surface area contributed by atoms with E-state index in [9.17, 15) is 9.18 Å². The molecule has 0 bridgehead atoms. The maximum Gasteiger partial charge on any atom is 0.224 e. The van der Waals surface area contributed by atoms with E-state index in [0.717, 1.165) is 12.0 Å². The largest absolute Gasteiger partial charge is 0.324 e. The lowest BCUT2D eigenvalue weighted by atomic mass is 10.1. The number of allylic oxidation sites excluding steroid dienone is 4. The molecule has 0 saturated heterocycles. The lowest BCUT2D eigenvalue weighted by Gasteiger charge is -2.15. The van der Waals surface area contributed by atoms with Crippen LogP contribution in [0.25, 0.3) is 0 Å². The van der Waals surface area contributed by atoms with Gasteiger partial charge < -0.3 is 5.32 Å². The molecule has 0 radical (unpaired) electrons. The molecule has 0 aromatic carbocycles. The summed E-state index contributed by atoms with van der Waals surface area (Å²) in [5.74, 6) is -0.574. The lowest BCUT2D eigenvalue weighted by molar-refractivity contribution is -0.120. The molecule has 0 atom stereocenters. The van der Waals surface area contributed by atoms with Gasteiger partial charge in [-0.1, -0.05) is 6.92 Å². The van der Waals surface area contributed by atoms with E-state index in [1.54, 1.807) is 19.3 Å². The summed E-state index contributed by atoms with van der Waals surface area (Å²) >= 11 is 0. The fraction of sp³-hybridized carbons (Fsp3) is 0.385. The van der Waals surface area contributed by atoms with Gasteiger partial charge in [0.25, 0.3) is 0 Å². The highest BCUT2D eigenvalue weighted by molar-refractivity contribution is 5.78. The smallest absolute Gasteiger partial charge is 0.224 e. The molecule has 0 aromatic rings. The minimum atomic E-state index is -0.397. The van der Waals surface area contributed by atoms with E-state index in [-0.39, 0.29) is 11.6 Å². The molecule has 98 valence electrons. The van der Waals surface area contributed by atoms with E-state index in [0.29, 0.717) is 12.8 Å². The van der Waals surface area contributed by atoms with E-state index >= 15 is 0 Å². The molecule has 18 heavy (non-hydrogen) atoms. The standard InChI is InChI=1S/C13H18FN3O/c1-4-5-13(18)16-12-8-10(6-7-11(12)14)9-17(3)15-2/h7-9H,2,4-6H2,1,3H3,(H,16,18)/b10-9+. The highest BCUT2D eigenvalue weighted by Crippen LogP contribution is 2.22. The second-order valence-electron chi connectivity index (χ2n) is 4.03. The third-order valence-electron chi connectivity index (χ3n) is 2.43. The van der Waals surface area contributed by atoms with E-state index in [1.807, 2.05) is 6.92 Å². The summed E-state index contributed by atoms with van der Waals surface area (Å²) in [6, 6.07) is 0. The van der Waals surface area contributed by atoms with Crippen molar-refractivity contribution in [2.75, 3.05) is 7.05 Å². The Morgan fingerprint density at radius 1 is 1.72 bits per heavy atom. The van der Waals surface area contributed by atoms with Crippen LogP contribution in [-0.2, 0) is 4.79 Å². The molecule has 0 aromatic heterocycles. The van der Waals surface area contributed by atoms with E-state index in [2.05, 4.69) is 17.1 Å². The fourth-order valence-electron chi connectivity index (χ4n) is 1.54. The summed E-state index contributed by atoms with van der Waals surface area (Å²) < 4.78 is 13.5. The lowest BCUT2D eigenvalue weighted by Crippen LogP contribution is -2.23. The van der Waals surface area contributed by atoms with Gasteiger partial charge in [0, 0.05) is 26.4 Å². The van der Waals surface area contributed by atoms with Gasteiger partial charge >= 0.3 is 0 Å². The molecular formula is C13H18FN3O. The molecule has 0 unspecified atom stereocenters. The molecule has 5 heteroatoms. The minimum Gasteiger partial charge on any atom is -0.324 e. The Labute approximate surface area is 107 Å². The molecular weight excluding hydrogens is 233 g/mol. The van der Waals surface area contributed by atoms with E-state index in [4.69, 9.17) is 0 Å². The van der Waals surface area contributed by atoms with Gasteiger partial charge in [0.1, 0.15) is 5.83 Å². The van der Waals surface area contributed by atoms with Gasteiger partial charge in [0.15, 0.2) is 0 Å². The summed E-state index contributed by atoms with van der Waals surface area (Å²) in [6.45, 7) is 5.28. The Bertz CT molecular complexity index is 424. The number of nitrogens with one attached hydrogen (secondary N) is 1. The number of hydrogen-bond acceptors (Lipinski definition) is 3. The third-order valence-corrected chi connectivity index (χ3v) is 2.43. The topological polar surface area (TPSA) is 44.7 Å². The highest BCUT2D eigenvalue weighted by atomic mass is 19.1. The molecule has 0 saturated carbocycles. The van der Waals surface area contributed by atoms with Crippen LogP contribution in [-0.4, -0.2) is 24.7 Å². The van der Waals surface area contributed by atoms with E-state index < -0.39 is 5.83 Å². The van der Waals surface area contributed by atoms with Crippen molar-refractivity contribution in [1.82, 2.24) is 10.3 Å². The number of halogens is 1. The molecule has 0 spiro atoms. The average Bonchev–Trinajstić information content (AvgIpc) is 2.33. The van der Waals surface area contributed by atoms with Crippen molar-refractivity contribution >= 4 is 12.6 Å². The number of hydrogen-bond donors (Lipinski definition) is 1. The zero-order chi connectivity index (χ0) is 13.5. The maximum absolute atomic E-state index is 13.5. The van der Waals surface area contributed by atoms with Crippen LogP contribution in [0.4, 0.5) is 4.39 Å². The van der Waals surface area contributed by atoms with Crippen LogP contribution < -0.4 is 5.32 Å². The summed E-state index contributed by atoms with van der Waals surface area (Å²) in [4.78, 5) is 11.4. The van der Waals surface area contributed by atoms with Crippen LogP contribution in [0.5, 0.6) is 0 Å². The average molecular weight is 251 g/mol. The van der Waals surface area contributed by atoms with Crippen LogP contribution in [0.1, 0.15) is 26.2 Å². The van der Waals surface area contributed by atoms with Crippen LogP contribution in [0, 0.1) is 0 Å². The Kier molecular flexibility index (Phi) is 5.30. The second-order valence-corrected chi connectivity index (χ2v) is 4.03. The number of hydrazone groups is 1. The minimum absolute atomic E-state index is 0.177. The summed E-state index contributed by atoms with van der Waals surface area (Å²) in [5.41, 5.74) is 1.07. The van der Waals surface area contributed by atoms with Crippen LogP contribution in [0.15, 0.2) is 40.6 Å². The molecule has 0 fully saturated rings. The van der Waals surface area contributed by atoms with Crippen LogP contribution in [0.2, 0.25) is 0 Å². The van der Waals surface area contributed by atoms with Crippen molar-refractivity contribution < 1.29 is 9.18 Å². The molecule has 1 N–H and O–H groups in total. The molecule has 4 nitrogen and oxygen atoms in total. The van der Waals surface area contributed by atoms with Crippen LogP contribution >= 0.6 is 0 Å². The van der Waals surface area contributed by atoms with Gasteiger partial charge in [-0.15, -0.1) is 0 Å². The van der Waals surface area contributed by atoms with Gasteiger partial charge in [-0.3, -0.25) is 9.80 Å². The Morgan fingerprint density at radius 3 is 3.06 bits per heavy atom. The highest BCUT2D eigenvalue weighted by Gasteiger charge is 2.13. The SMILES string of the molecule is C=NN(C)/C=C1/C=C(NC(=O)CCC)C(F)=CC1. The number of rotatable bonds is 5. The third kappa shape index (κ3) is 4.16. The van der Waals surface area contributed by atoms with E-state index in [1.165, 1.54) is 11.1 Å². The van der Waals surface area contributed by atoms with Crippen LogP contribution in [0.3, 0.4) is 0 Å². The first-order valence-electron chi connectivity index (χ1n) is 5.84. The Morgan fingerprint density at radius 2 is 2.44 bits per heavy atom. The van der Waals surface area contributed by atoms with Crippen molar-refractivity contribution in [2.24, 2.45) is 5.10 Å². The zero-order valence-electron chi connectivity index (χ0n) is 10.7. The molecule has 1 rings (SSSR count). The number of carbonyl (C=O) groups is 1. The Hall–Kier alpha value is -1.91. The van der Waals surface area contributed by atoms with Crippen molar-refractivity contribution in [3.05, 3.63) is 35.4 Å². The predicted molar refractivity (Wildman–Crippen MR) is 70.3 cm³/mol. The van der Waals surface area contributed by atoms with Crippen molar-refractivity contribution in [3.8, 4) is 0 Å². The first-order chi connectivity index (χ1) is 8.56. The Balaban J connectivity index is 2.80. The van der Waals surface area contributed by atoms with Gasteiger partial charge in [0.2, 0.25) is 5.91 Å². The van der Waals surface area contributed by atoms with Crippen molar-refractivity contribution in [2.45, 2.75) is 26.2 Å². The second kappa shape index (κ2) is 6.74. The molecule has 0 heterocycles. The summed E-state index contributed by atoms with van der Waals surface area (Å²) in [5, 5.41) is 7.79. The quantitative estimate of drug-likeness (QED) is 0.602. The monoisotopic (exact) mass is 251 g/mol. The number of amides is 1. The number of nitrogens with zero attached hydrogens (tertiary/aromatic N) is 2. The number of carbonyl (C=O) groups excluding carboxylic acids is 1. The fourth-order valence-corrected chi connectivity index (χ4v) is 1.54. The molecule has 0 aliphatic heterocycles. The first kappa shape index (κ1) is 14.2. The van der Waals surface area contributed by atoms with Gasteiger partial charge in [-0.05, 0) is 30.6 Å². The summed E-state index contributed by atoms with van der Waals surface area (Å²) in [6.07, 6.45) is 6.38. The molecule has 1 aliphatic carbocycles. The first-order valence-corrected chi connectivity index (χ1v) is 5.84. The van der Waals surface area contributed by atoms with Gasteiger partial charge in [-0.25, -0.2) is 4.39 Å². The summed E-state index contributed by atoms with van der Waals surface area (Å²) in [7, 11) is 1.73. The maximum atomic E-state index is 13.5. The van der Waals surface area contributed by atoms with Gasteiger partial charge in [-0.2, -0.15) is 5.10 Å². The normalized spacial score (nSPS) is 16.9. The predicted octanol–water partition coefficient (Wildman–Crippen LogP) is 2.48. The van der Waals surface area contributed by atoms with Crippen molar-refractivity contribution in [1.29, 1.82) is 0 Å².